The van der Waals surface area contributed by atoms with Gasteiger partial charge in [0.1, 0.15) is 0 Å². The number of nitrogens with one attached hydrogen (secondary N) is 1. The van der Waals surface area contributed by atoms with Gasteiger partial charge in [0, 0.05) is 32.2 Å². The van der Waals surface area contributed by atoms with Gasteiger partial charge in [0.15, 0.2) is 0 Å². The molecule has 1 fully saturated rings. The van der Waals surface area contributed by atoms with Crippen LogP contribution in [0.3, 0.4) is 0 Å². The smallest absolute Gasteiger partial charge is 0.0558 e. The van der Waals surface area contributed by atoms with Crippen molar-refractivity contribution in [3.05, 3.63) is 0 Å². The second kappa shape index (κ2) is 5.51. The van der Waals surface area contributed by atoms with Crippen LogP contribution in [0.2, 0.25) is 0 Å². The minimum absolute atomic E-state index is 0.292. The first kappa shape index (κ1) is 9.96. The fraction of sp³-hybridized carbons (Fsp3) is 1.00. The van der Waals surface area contributed by atoms with Crippen molar-refractivity contribution in [2.24, 2.45) is 0 Å². The van der Waals surface area contributed by atoms with Crippen molar-refractivity contribution in [1.82, 2.24) is 10.2 Å². The molecule has 1 heterocycles. The third-order valence-corrected chi connectivity index (χ3v) is 2.48. The summed E-state index contributed by atoms with van der Waals surface area (Å²) in [5.41, 5.74) is 0. The quantitative estimate of drug-likeness (QED) is 0.629. The Morgan fingerprint density at radius 1 is 1.58 bits per heavy atom. The monoisotopic (exact) mass is 172 g/mol. The first-order chi connectivity index (χ1) is 5.88. The number of hydrogen-bond acceptors (Lipinski definition) is 3. The zero-order valence-electron chi connectivity index (χ0n) is 7.92. The molecule has 72 valence electrons. The van der Waals surface area contributed by atoms with E-state index in [-0.39, 0.29) is 0 Å². The van der Waals surface area contributed by atoms with Crippen LogP contribution in [0.5, 0.6) is 0 Å². The number of nitrogens with zero attached hydrogens (tertiary/aromatic N) is 1. The van der Waals surface area contributed by atoms with Crippen molar-refractivity contribution in [1.29, 1.82) is 0 Å². The van der Waals surface area contributed by atoms with E-state index in [4.69, 9.17) is 5.11 Å². The van der Waals surface area contributed by atoms with Crippen LogP contribution in [0.1, 0.15) is 19.8 Å². The zero-order valence-corrected chi connectivity index (χ0v) is 7.92. The molecule has 3 nitrogen and oxygen atoms in total. The highest BCUT2D eigenvalue weighted by Crippen LogP contribution is 2.08. The molecule has 0 saturated carbocycles. The number of rotatable bonds is 4. The Morgan fingerprint density at radius 2 is 2.42 bits per heavy atom. The van der Waals surface area contributed by atoms with Gasteiger partial charge in [-0.2, -0.15) is 0 Å². The lowest BCUT2D eigenvalue weighted by Gasteiger charge is -2.35. The molecule has 1 aliphatic rings. The van der Waals surface area contributed by atoms with Gasteiger partial charge in [-0.05, 0) is 6.42 Å². The summed E-state index contributed by atoms with van der Waals surface area (Å²) in [4.78, 5) is 2.39. The molecule has 1 saturated heterocycles. The number of aliphatic hydroxyl groups excluding tert-OH is 1. The number of β-amino-alcohol motifs (C(OH)–C–C–N with tert-alkyl or cyclic N) is 1. The van der Waals surface area contributed by atoms with E-state index in [1.165, 1.54) is 12.8 Å². The van der Waals surface area contributed by atoms with Gasteiger partial charge in [-0.15, -0.1) is 0 Å². The van der Waals surface area contributed by atoms with Crippen LogP contribution in [0.25, 0.3) is 0 Å². The molecule has 0 aromatic heterocycles. The maximum Gasteiger partial charge on any atom is 0.0558 e. The van der Waals surface area contributed by atoms with E-state index in [0.29, 0.717) is 12.6 Å². The fourth-order valence-corrected chi connectivity index (χ4v) is 1.84. The average molecular weight is 172 g/mol. The molecule has 3 heteroatoms. The molecule has 0 amide bonds. The van der Waals surface area contributed by atoms with Gasteiger partial charge in [0.05, 0.1) is 6.61 Å². The van der Waals surface area contributed by atoms with Gasteiger partial charge in [-0.3, -0.25) is 4.90 Å². The third kappa shape index (κ3) is 2.73. The van der Waals surface area contributed by atoms with E-state index < -0.39 is 0 Å². The normalized spacial score (nSPS) is 26.0. The van der Waals surface area contributed by atoms with E-state index in [2.05, 4.69) is 17.1 Å². The van der Waals surface area contributed by atoms with Crippen LogP contribution in [0, 0.1) is 0 Å². The van der Waals surface area contributed by atoms with Crippen LogP contribution in [0.4, 0.5) is 0 Å². The van der Waals surface area contributed by atoms with Crippen molar-refractivity contribution in [3.8, 4) is 0 Å². The average Bonchev–Trinajstić information content (AvgIpc) is 2.09. The van der Waals surface area contributed by atoms with Crippen molar-refractivity contribution in [3.63, 3.8) is 0 Å². The van der Waals surface area contributed by atoms with E-state index in [0.717, 1.165) is 26.2 Å². The predicted molar refractivity (Wildman–Crippen MR) is 50.2 cm³/mol. The van der Waals surface area contributed by atoms with E-state index in [1.807, 2.05) is 0 Å². The first-order valence-electron chi connectivity index (χ1n) is 4.94. The summed E-state index contributed by atoms with van der Waals surface area (Å²) in [5, 5.41) is 12.2. The molecular formula is C9H20N2O. The molecule has 1 aliphatic heterocycles. The summed E-state index contributed by atoms with van der Waals surface area (Å²) in [6, 6.07) is 0.649. The second-order valence-corrected chi connectivity index (χ2v) is 3.41. The zero-order chi connectivity index (χ0) is 8.81. The highest BCUT2D eigenvalue weighted by atomic mass is 16.3. The van der Waals surface area contributed by atoms with Crippen molar-refractivity contribution < 1.29 is 5.11 Å². The Hall–Kier alpha value is -0.120. The van der Waals surface area contributed by atoms with Crippen LogP contribution in [-0.2, 0) is 0 Å². The number of hydrogen-bond donors (Lipinski definition) is 2. The number of aliphatic hydroxyl groups is 1. The highest BCUT2D eigenvalue weighted by molar-refractivity contribution is 4.78. The lowest BCUT2D eigenvalue weighted by atomic mass is 10.1. The predicted octanol–water partition coefficient (Wildman–Crippen LogP) is 0.0526. The highest BCUT2D eigenvalue weighted by Gasteiger charge is 2.19. The Balaban J connectivity index is 2.31. The summed E-state index contributed by atoms with van der Waals surface area (Å²) in [6.07, 6.45) is 2.47. The first-order valence-corrected chi connectivity index (χ1v) is 4.94. The van der Waals surface area contributed by atoms with Crippen LogP contribution in [-0.4, -0.2) is 48.8 Å². The Kier molecular flexibility index (Phi) is 4.58. The van der Waals surface area contributed by atoms with Crippen LogP contribution >= 0.6 is 0 Å². The fourth-order valence-electron chi connectivity index (χ4n) is 1.84. The Morgan fingerprint density at radius 3 is 3.08 bits per heavy atom. The molecule has 0 bridgehead atoms. The molecule has 0 spiro atoms. The molecular weight excluding hydrogens is 152 g/mol. The van der Waals surface area contributed by atoms with Gasteiger partial charge in [0.25, 0.3) is 0 Å². The van der Waals surface area contributed by atoms with Gasteiger partial charge < -0.3 is 10.4 Å². The largest absolute Gasteiger partial charge is 0.395 e. The van der Waals surface area contributed by atoms with Gasteiger partial charge in [-0.25, -0.2) is 0 Å². The lowest BCUT2D eigenvalue weighted by Crippen LogP contribution is -2.51. The molecule has 1 rings (SSSR count). The summed E-state index contributed by atoms with van der Waals surface area (Å²) in [5.74, 6) is 0. The third-order valence-electron chi connectivity index (χ3n) is 2.48. The van der Waals surface area contributed by atoms with Crippen LogP contribution in [0.15, 0.2) is 0 Å². The van der Waals surface area contributed by atoms with Crippen molar-refractivity contribution in [2.45, 2.75) is 25.8 Å². The van der Waals surface area contributed by atoms with Crippen molar-refractivity contribution in [2.75, 3.05) is 32.8 Å². The maximum atomic E-state index is 8.84. The summed E-state index contributed by atoms with van der Waals surface area (Å²) in [7, 11) is 0. The molecule has 0 aliphatic carbocycles. The molecule has 1 atom stereocenters. The standard InChI is InChI=1S/C9H20N2O/c1-2-3-9-8-10-4-5-11(9)6-7-12/h9-10,12H,2-8H2,1H3. The SMILES string of the molecule is CCCC1CNCCN1CCO. The molecule has 1 unspecified atom stereocenters. The maximum absolute atomic E-state index is 8.84. The summed E-state index contributed by atoms with van der Waals surface area (Å²) < 4.78 is 0. The van der Waals surface area contributed by atoms with Gasteiger partial charge in [-0.1, -0.05) is 13.3 Å². The van der Waals surface area contributed by atoms with Crippen LogP contribution < -0.4 is 5.32 Å². The molecule has 0 aromatic carbocycles. The Labute approximate surface area is 74.8 Å². The molecule has 12 heavy (non-hydrogen) atoms. The van der Waals surface area contributed by atoms with Gasteiger partial charge >= 0.3 is 0 Å². The minimum atomic E-state index is 0.292. The molecule has 0 aromatic rings. The molecule has 2 N–H and O–H groups in total. The minimum Gasteiger partial charge on any atom is -0.395 e. The summed E-state index contributed by atoms with van der Waals surface area (Å²) >= 11 is 0. The topological polar surface area (TPSA) is 35.5 Å². The second-order valence-electron chi connectivity index (χ2n) is 3.41. The molecule has 0 radical (unpaired) electrons. The Bertz CT molecular complexity index is 101. The summed E-state index contributed by atoms with van der Waals surface area (Å²) in [6.45, 7) is 6.59. The van der Waals surface area contributed by atoms with E-state index in [1.54, 1.807) is 0 Å². The van der Waals surface area contributed by atoms with Crippen molar-refractivity contribution >= 4 is 0 Å². The van der Waals surface area contributed by atoms with E-state index in [9.17, 15) is 0 Å². The number of piperazine rings is 1. The lowest BCUT2D eigenvalue weighted by molar-refractivity contribution is 0.121. The van der Waals surface area contributed by atoms with E-state index >= 15 is 0 Å². The van der Waals surface area contributed by atoms with Gasteiger partial charge in [0.2, 0.25) is 0 Å².